The highest BCUT2D eigenvalue weighted by Gasteiger charge is 2.07. The number of carbonyl (C=O) groups is 1. The Hall–Kier alpha value is -3.28. The zero-order valence-corrected chi connectivity index (χ0v) is 13.9. The van der Waals surface area contributed by atoms with E-state index < -0.39 is 0 Å². The lowest BCUT2D eigenvalue weighted by atomic mass is 10.1. The molecule has 0 atom stereocenters. The maximum Gasteiger partial charge on any atom is 0.229 e. The summed E-state index contributed by atoms with van der Waals surface area (Å²) in [6.07, 6.45) is 0. The number of halogens is 1. The van der Waals surface area contributed by atoms with Crippen molar-refractivity contribution in [1.29, 1.82) is 0 Å². The fourth-order valence-corrected chi connectivity index (χ4v) is 2.34. The van der Waals surface area contributed by atoms with Gasteiger partial charge in [-0.05, 0) is 38.1 Å². The molecule has 0 aliphatic carbocycles. The highest BCUT2D eigenvalue weighted by molar-refractivity contribution is 5.95. The molecule has 0 bridgehead atoms. The fraction of sp³-hybridized carbons (Fsp3) is 0.105. The summed E-state index contributed by atoms with van der Waals surface area (Å²) in [5.74, 6) is 0.447. The van der Waals surface area contributed by atoms with Gasteiger partial charge in [0.05, 0.1) is 5.69 Å². The second-order valence-corrected chi connectivity index (χ2v) is 5.59. The zero-order chi connectivity index (χ0) is 17.8. The Labute approximate surface area is 145 Å². The molecule has 6 heteroatoms. The van der Waals surface area contributed by atoms with Crippen molar-refractivity contribution < 1.29 is 9.18 Å². The number of rotatable bonds is 5. The zero-order valence-electron chi connectivity index (χ0n) is 13.9. The summed E-state index contributed by atoms with van der Waals surface area (Å²) in [4.78, 5) is 20.1. The van der Waals surface area contributed by atoms with E-state index in [9.17, 15) is 9.18 Å². The van der Waals surface area contributed by atoms with Crippen LogP contribution >= 0.6 is 0 Å². The second-order valence-electron chi connectivity index (χ2n) is 5.59. The molecule has 2 aromatic carbocycles. The molecule has 5 nitrogen and oxygen atoms in total. The van der Waals surface area contributed by atoms with Gasteiger partial charge in [0.25, 0.3) is 0 Å². The van der Waals surface area contributed by atoms with Crippen molar-refractivity contribution in [3.05, 3.63) is 71.7 Å². The number of ketones is 1. The summed E-state index contributed by atoms with van der Waals surface area (Å²) in [6, 6.07) is 15.2. The van der Waals surface area contributed by atoms with Crippen LogP contribution in [0.3, 0.4) is 0 Å². The van der Waals surface area contributed by atoms with Crippen molar-refractivity contribution in [1.82, 2.24) is 9.97 Å². The van der Waals surface area contributed by atoms with E-state index >= 15 is 0 Å². The molecular formula is C19H17FN4O. The van der Waals surface area contributed by atoms with Gasteiger partial charge < -0.3 is 10.6 Å². The normalized spacial score (nSPS) is 10.4. The third-order valence-electron chi connectivity index (χ3n) is 3.52. The van der Waals surface area contributed by atoms with E-state index in [-0.39, 0.29) is 17.5 Å². The van der Waals surface area contributed by atoms with E-state index in [4.69, 9.17) is 0 Å². The van der Waals surface area contributed by atoms with Crippen molar-refractivity contribution in [3.63, 3.8) is 0 Å². The highest BCUT2D eigenvalue weighted by atomic mass is 19.1. The van der Waals surface area contributed by atoms with Crippen LogP contribution < -0.4 is 10.6 Å². The first-order chi connectivity index (χ1) is 12.0. The van der Waals surface area contributed by atoms with Gasteiger partial charge in [-0.3, -0.25) is 4.79 Å². The number of Topliss-reactive ketones (excluding diaryl/α,β-unsaturated/α-hetero) is 1. The molecule has 0 radical (unpaired) electrons. The molecule has 25 heavy (non-hydrogen) atoms. The van der Waals surface area contributed by atoms with Crippen molar-refractivity contribution in [2.75, 3.05) is 10.6 Å². The predicted molar refractivity (Wildman–Crippen MR) is 96.2 cm³/mol. The minimum Gasteiger partial charge on any atom is -0.340 e. The molecule has 126 valence electrons. The highest BCUT2D eigenvalue weighted by Crippen LogP contribution is 2.21. The Morgan fingerprint density at radius 2 is 1.80 bits per heavy atom. The molecule has 3 aromatic rings. The van der Waals surface area contributed by atoms with Crippen LogP contribution in [0.4, 0.5) is 27.5 Å². The van der Waals surface area contributed by atoms with Gasteiger partial charge in [-0.2, -0.15) is 4.98 Å². The van der Waals surface area contributed by atoms with Gasteiger partial charge in [0.15, 0.2) is 5.78 Å². The molecule has 2 N–H and O–H groups in total. The summed E-state index contributed by atoms with van der Waals surface area (Å²) in [6.45, 7) is 3.34. The van der Waals surface area contributed by atoms with Crippen molar-refractivity contribution in [3.8, 4) is 0 Å². The number of hydrogen-bond donors (Lipinski definition) is 2. The van der Waals surface area contributed by atoms with Crippen LogP contribution in [-0.2, 0) is 0 Å². The number of nitrogens with one attached hydrogen (secondary N) is 2. The minimum atomic E-state index is -0.378. The predicted octanol–water partition coefficient (Wildman–Crippen LogP) is 4.61. The van der Waals surface area contributed by atoms with Gasteiger partial charge in [-0.15, -0.1) is 0 Å². The smallest absolute Gasteiger partial charge is 0.229 e. The van der Waals surface area contributed by atoms with Crippen LogP contribution in [0.1, 0.15) is 23.0 Å². The monoisotopic (exact) mass is 336 g/mol. The van der Waals surface area contributed by atoms with Crippen LogP contribution in [0.15, 0.2) is 54.6 Å². The number of carbonyl (C=O) groups excluding carboxylic acids is 1. The SMILES string of the molecule is CC(=O)c1cccc(Nc2cc(C)nc(Nc3ccccc3F)n2)c1. The van der Waals surface area contributed by atoms with E-state index in [0.29, 0.717) is 17.1 Å². The maximum absolute atomic E-state index is 13.8. The summed E-state index contributed by atoms with van der Waals surface area (Å²) in [5, 5.41) is 6.02. The number of aromatic nitrogens is 2. The lowest BCUT2D eigenvalue weighted by Gasteiger charge is -2.11. The molecular weight excluding hydrogens is 319 g/mol. The van der Waals surface area contributed by atoms with Gasteiger partial charge in [-0.1, -0.05) is 24.3 Å². The first-order valence-electron chi connectivity index (χ1n) is 7.76. The molecule has 0 aliphatic rings. The lowest BCUT2D eigenvalue weighted by molar-refractivity contribution is 0.101. The molecule has 0 saturated carbocycles. The third-order valence-corrected chi connectivity index (χ3v) is 3.52. The number of hydrogen-bond acceptors (Lipinski definition) is 5. The fourth-order valence-electron chi connectivity index (χ4n) is 2.34. The Bertz CT molecular complexity index is 927. The molecule has 0 unspecified atom stereocenters. The first-order valence-corrected chi connectivity index (χ1v) is 7.76. The molecule has 0 aliphatic heterocycles. The average Bonchev–Trinajstić information content (AvgIpc) is 2.57. The Morgan fingerprint density at radius 1 is 1.00 bits per heavy atom. The van der Waals surface area contributed by atoms with Crippen molar-refractivity contribution in [2.24, 2.45) is 0 Å². The van der Waals surface area contributed by atoms with Crippen LogP contribution in [-0.4, -0.2) is 15.8 Å². The number of benzene rings is 2. The molecule has 0 saturated heterocycles. The van der Waals surface area contributed by atoms with Gasteiger partial charge in [-0.25, -0.2) is 9.37 Å². The molecule has 3 rings (SSSR count). The summed E-state index contributed by atoms with van der Waals surface area (Å²) < 4.78 is 13.8. The standard InChI is InChI=1S/C19H17FN4O/c1-12-10-18(22-15-7-5-6-14(11-15)13(2)25)24-19(21-12)23-17-9-4-3-8-16(17)20/h3-11H,1-2H3,(H2,21,22,23,24). The van der Waals surface area contributed by atoms with Crippen LogP contribution in [0, 0.1) is 12.7 Å². The lowest BCUT2D eigenvalue weighted by Crippen LogP contribution is -2.03. The Morgan fingerprint density at radius 3 is 2.56 bits per heavy atom. The van der Waals surface area contributed by atoms with E-state index in [1.165, 1.54) is 13.0 Å². The Kier molecular flexibility index (Phi) is 4.70. The minimum absolute atomic E-state index is 0.00979. The summed E-state index contributed by atoms with van der Waals surface area (Å²) in [7, 11) is 0. The van der Waals surface area contributed by atoms with E-state index in [0.717, 1.165) is 11.4 Å². The molecule has 0 fully saturated rings. The number of para-hydroxylation sites is 1. The summed E-state index contributed by atoms with van der Waals surface area (Å²) >= 11 is 0. The van der Waals surface area contributed by atoms with E-state index in [2.05, 4.69) is 20.6 Å². The van der Waals surface area contributed by atoms with E-state index in [1.807, 2.05) is 13.0 Å². The molecule has 1 aromatic heterocycles. The van der Waals surface area contributed by atoms with Crippen LogP contribution in [0.2, 0.25) is 0 Å². The van der Waals surface area contributed by atoms with Gasteiger partial charge >= 0.3 is 0 Å². The number of anilines is 4. The molecule has 1 heterocycles. The summed E-state index contributed by atoms with van der Waals surface area (Å²) in [5.41, 5.74) is 2.37. The topological polar surface area (TPSA) is 66.9 Å². The average molecular weight is 336 g/mol. The van der Waals surface area contributed by atoms with Crippen molar-refractivity contribution >= 4 is 28.9 Å². The Balaban J connectivity index is 1.86. The molecule has 0 spiro atoms. The van der Waals surface area contributed by atoms with Crippen LogP contribution in [0.25, 0.3) is 0 Å². The van der Waals surface area contributed by atoms with Crippen molar-refractivity contribution in [2.45, 2.75) is 13.8 Å². The van der Waals surface area contributed by atoms with Gasteiger partial charge in [0.2, 0.25) is 5.95 Å². The quantitative estimate of drug-likeness (QED) is 0.666. The largest absolute Gasteiger partial charge is 0.340 e. The molecule has 0 amide bonds. The van der Waals surface area contributed by atoms with Gasteiger partial charge in [0.1, 0.15) is 11.6 Å². The van der Waals surface area contributed by atoms with E-state index in [1.54, 1.807) is 42.5 Å². The first kappa shape index (κ1) is 16.6. The van der Waals surface area contributed by atoms with Gasteiger partial charge in [0, 0.05) is 23.0 Å². The maximum atomic E-state index is 13.8. The third kappa shape index (κ3) is 4.17. The van der Waals surface area contributed by atoms with Crippen LogP contribution in [0.5, 0.6) is 0 Å². The number of aryl methyl sites for hydroxylation is 1. The second kappa shape index (κ2) is 7.09. The number of nitrogens with zero attached hydrogens (tertiary/aromatic N) is 2.